The smallest absolute Gasteiger partial charge is 0.323 e. The lowest BCUT2D eigenvalue weighted by Gasteiger charge is -2.17. The van der Waals surface area contributed by atoms with Gasteiger partial charge in [-0.25, -0.2) is 4.39 Å². The number of carbonyl (C=O) groups is 1. The van der Waals surface area contributed by atoms with Gasteiger partial charge in [0, 0.05) is 0 Å². The van der Waals surface area contributed by atoms with E-state index in [4.69, 9.17) is 4.74 Å². The van der Waals surface area contributed by atoms with Gasteiger partial charge in [-0.05, 0) is 38.7 Å². The highest BCUT2D eigenvalue weighted by Crippen LogP contribution is 2.05. The molecule has 0 fully saturated rings. The van der Waals surface area contributed by atoms with E-state index in [2.05, 4.69) is 0 Å². The Balaban J connectivity index is 2.46. The molecule has 0 aliphatic rings. The lowest BCUT2D eigenvalue weighted by molar-refractivity contribution is -0.149. The van der Waals surface area contributed by atoms with Gasteiger partial charge in [0.1, 0.15) is 18.5 Å². The SMILES string of the molecule is C[C@@H](C(=O)OCc1ccc(F)cc1)N(C)C. The number of halogens is 1. The summed E-state index contributed by atoms with van der Waals surface area (Å²) in [4.78, 5) is 13.3. The zero-order chi connectivity index (χ0) is 12.1. The molecular formula is C12H16FNO2. The third-order valence-electron chi connectivity index (χ3n) is 2.41. The third kappa shape index (κ3) is 3.62. The Morgan fingerprint density at radius 1 is 1.38 bits per heavy atom. The monoisotopic (exact) mass is 225 g/mol. The summed E-state index contributed by atoms with van der Waals surface area (Å²) in [6.45, 7) is 1.95. The maximum absolute atomic E-state index is 12.6. The number of hydrogen-bond acceptors (Lipinski definition) is 3. The highest BCUT2D eigenvalue weighted by molar-refractivity contribution is 5.75. The van der Waals surface area contributed by atoms with Crippen LogP contribution in [0, 0.1) is 5.82 Å². The minimum atomic E-state index is -0.295. The van der Waals surface area contributed by atoms with E-state index in [9.17, 15) is 9.18 Å². The number of ether oxygens (including phenoxy) is 1. The minimum Gasteiger partial charge on any atom is -0.460 e. The Morgan fingerprint density at radius 2 is 1.94 bits per heavy atom. The Hall–Kier alpha value is -1.42. The van der Waals surface area contributed by atoms with Crippen molar-refractivity contribution in [2.24, 2.45) is 0 Å². The fraction of sp³-hybridized carbons (Fsp3) is 0.417. The van der Waals surface area contributed by atoms with Crippen LogP contribution in [0.5, 0.6) is 0 Å². The second kappa shape index (κ2) is 5.61. The fourth-order valence-corrected chi connectivity index (χ4v) is 1.07. The van der Waals surface area contributed by atoms with Crippen molar-refractivity contribution in [2.45, 2.75) is 19.6 Å². The molecule has 0 bridgehead atoms. The molecule has 0 unspecified atom stereocenters. The number of esters is 1. The van der Waals surface area contributed by atoms with E-state index < -0.39 is 0 Å². The van der Waals surface area contributed by atoms with E-state index in [0.29, 0.717) is 0 Å². The van der Waals surface area contributed by atoms with Gasteiger partial charge >= 0.3 is 5.97 Å². The largest absolute Gasteiger partial charge is 0.460 e. The van der Waals surface area contributed by atoms with E-state index in [1.165, 1.54) is 12.1 Å². The highest BCUT2D eigenvalue weighted by atomic mass is 19.1. The molecule has 1 aromatic carbocycles. The second-order valence-corrected chi connectivity index (χ2v) is 3.87. The first-order chi connectivity index (χ1) is 7.50. The number of hydrogen-bond donors (Lipinski definition) is 0. The molecule has 0 spiro atoms. The van der Waals surface area contributed by atoms with Gasteiger partial charge in [0.15, 0.2) is 0 Å². The molecule has 0 aliphatic heterocycles. The average molecular weight is 225 g/mol. The van der Waals surface area contributed by atoms with Gasteiger partial charge in [0.05, 0.1) is 0 Å². The van der Waals surface area contributed by atoms with Crippen LogP contribution in [0.15, 0.2) is 24.3 Å². The van der Waals surface area contributed by atoms with Gasteiger partial charge in [-0.2, -0.15) is 0 Å². The van der Waals surface area contributed by atoms with Crippen LogP contribution in [-0.4, -0.2) is 31.0 Å². The Kier molecular flexibility index (Phi) is 4.43. The van der Waals surface area contributed by atoms with Gasteiger partial charge in [-0.15, -0.1) is 0 Å². The highest BCUT2D eigenvalue weighted by Gasteiger charge is 2.16. The predicted octanol–water partition coefficient (Wildman–Crippen LogP) is 1.82. The molecule has 0 amide bonds. The van der Waals surface area contributed by atoms with E-state index in [0.717, 1.165) is 5.56 Å². The fourth-order valence-electron chi connectivity index (χ4n) is 1.07. The molecule has 0 saturated carbocycles. The normalized spacial score (nSPS) is 12.6. The molecule has 0 radical (unpaired) electrons. The molecule has 1 aromatic rings. The summed E-state index contributed by atoms with van der Waals surface area (Å²) in [5.74, 6) is -0.578. The van der Waals surface area contributed by atoms with Crippen LogP contribution >= 0.6 is 0 Å². The van der Waals surface area contributed by atoms with Crippen LogP contribution in [0.4, 0.5) is 4.39 Å². The molecule has 0 saturated heterocycles. The van der Waals surface area contributed by atoms with E-state index >= 15 is 0 Å². The van der Waals surface area contributed by atoms with Crippen molar-refractivity contribution >= 4 is 5.97 Å². The van der Waals surface area contributed by atoms with Crippen LogP contribution in [-0.2, 0) is 16.1 Å². The molecule has 0 N–H and O–H groups in total. The quantitative estimate of drug-likeness (QED) is 0.732. The van der Waals surface area contributed by atoms with E-state index in [1.54, 1.807) is 24.0 Å². The number of benzene rings is 1. The van der Waals surface area contributed by atoms with E-state index in [1.807, 2.05) is 14.1 Å². The van der Waals surface area contributed by atoms with Gasteiger partial charge in [-0.3, -0.25) is 9.69 Å². The summed E-state index contributed by atoms with van der Waals surface area (Å²) >= 11 is 0. The topological polar surface area (TPSA) is 29.5 Å². The number of carbonyl (C=O) groups excluding carboxylic acids is 1. The van der Waals surface area contributed by atoms with Gasteiger partial charge in [0.25, 0.3) is 0 Å². The summed E-state index contributed by atoms with van der Waals surface area (Å²) in [6.07, 6.45) is 0. The Morgan fingerprint density at radius 3 is 2.44 bits per heavy atom. The number of rotatable bonds is 4. The molecule has 0 aromatic heterocycles. The van der Waals surface area contributed by atoms with Crippen molar-refractivity contribution in [2.75, 3.05) is 14.1 Å². The van der Waals surface area contributed by atoms with Crippen molar-refractivity contribution in [1.82, 2.24) is 4.90 Å². The van der Waals surface area contributed by atoms with Crippen molar-refractivity contribution in [3.05, 3.63) is 35.6 Å². The lowest BCUT2D eigenvalue weighted by Crippen LogP contribution is -2.34. The van der Waals surface area contributed by atoms with Crippen molar-refractivity contribution in [1.29, 1.82) is 0 Å². The zero-order valence-corrected chi connectivity index (χ0v) is 9.74. The molecule has 0 aliphatic carbocycles. The first kappa shape index (κ1) is 12.6. The number of nitrogens with zero attached hydrogens (tertiary/aromatic N) is 1. The lowest BCUT2D eigenvalue weighted by atomic mass is 10.2. The Labute approximate surface area is 94.8 Å². The predicted molar refractivity (Wildman–Crippen MR) is 59.3 cm³/mol. The molecule has 1 rings (SSSR count). The summed E-state index contributed by atoms with van der Waals surface area (Å²) in [5.41, 5.74) is 0.778. The molecule has 3 nitrogen and oxygen atoms in total. The average Bonchev–Trinajstić information content (AvgIpc) is 2.26. The zero-order valence-electron chi connectivity index (χ0n) is 9.74. The van der Waals surface area contributed by atoms with Crippen LogP contribution in [0.25, 0.3) is 0 Å². The second-order valence-electron chi connectivity index (χ2n) is 3.87. The first-order valence-corrected chi connectivity index (χ1v) is 5.08. The maximum Gasteiger partial charge on any atom is 0.323 e. The molecule has 16 heavy (non-hydrogen) atoms. The maximum atomic E-state index is 12.6. The first-order valence-electron chi connectivity index (χ1n) is 5.08. The summed E-state index contributed by atoms with van der Waals surface area (Å²) < 4.78 is 17.7. The van der Waals surface area contributed by atoms with Crippen LogP contribution in [0.3, 0.4) is 0 Å². The number of likely N-dealkylation sites (N-methyl/N-ethyl adjacent to an activating group) is 1. The molecular weight excluding hydrogens is 209 g/mol. The van der Waals surface area contributed by atoms with Crippen LogP contribution < -0.4 is 0 Å². The van der Waals surface area contributed by atoms with Crippen molar-refractivity contribution in [3.63, 3.8) is 0 Å². The van der Waals surface area contributed by atoms with Crippen molar-refractivity contribution < 1.29 is 13.9 Å². The standard InChI is InChI=1S/C12H16FNO2/c1-9(14(2)3)12(15)16-8-10-4-6-11(13)7-5-10/h4-7,9H,8H2,1-3H3/t9-/m0/s1. The summed E-state index contributed by atoms with van der Waals surface area (Å²) in [5, 5.41) is 0. The molecule has 4 heteroatoms. The summed E-state index contributed by atoms with van der Waals surface area (Å²) in [6, 6.07) is 5.61. The minimum absolute atomic E-state index is 0.178. The third-order valence-corrected chi connectivity index (χ3v) is 2.41. The van der Waals surface area contributed by atoms with Crippen molar-refractivity contribution in [3.8, 4) is 0 Å². The molecule has 0 heterocycles. The van der Waals surface area contributed by atoms with Crippen LogP contribution in [0.1, 0.15) is 12.5 Å². The molecule has 88 valence electrons. The summed E-state index contributed by atoms with van der Waals surface area (Å²) in [7, 11) is 3.62. The van der Waals surface area contributed by atoms with E-state index in [-0.39, 0.29) is 24.4 Å². The van der Waals surface area contributed by atoms with Gasteiger partial charge in [0.2, 0.25) is 0 Å². The molecule has 1 atom stereocenters. The Bertz CT molecular complexity index is 349. The van der Waals surface area contributed by atoms with Gasteiger partial charge < -0.3 is 4.74 Å². The van der Waals surface area contributed by atoms with Gasteiger partial charge in [-0.1, -0.05) is 12.1 Å². The van der Waals surface area contributed by atoms with Crippen LogP contribution in [0.2, 0.25) is 0 Å².